The maximum absolute atomic E-state index is 5.35. The van der Waals surface area contributed by atoms with E-state index in [0.29, 0.717) is 6.04 Å². The van der Waals surface area contributed by atoms with Crippen LogP contribution in [0.2, 0.25) is 0 Å². The molecule has 3 N–H and O–H groups in total. The Morgan fingerprint density at radius 2 is 1.92 bits per heavy atom. The van der Waals surface area contributed by atoms with Crippen molar-refractivity contribution >= 4 is 0 Å². The van der Waals surface area contributed by atoms with Gasteiger partial charge >= 0.3 is 0 Å². The lowest BCUT2D eigenvalue weighted by Gasteiger charge is -2.05. The molecular formula is C11H18NO+. The number of rotatable bonds is 4. The minimum atomic E-state index is 0.470. The summed E-state index contributed by atoms with van der Waals surface area (Å²) in [5.41, 5.74) is 5.29. The predicted molar refractivity (Wildman–Crippen MR) is 53.7 cm³/mol. The maximum Gasteiger partial charge on any atom is 0.119 e. The summed E-state index contributed by atoms with van der Waals surface area (Å²) in [6.07, 6.45) is 1.03. The molecule has 0 aromatic heterocycles. The van der Waals surface area contributed by atoms with Crippen LogP contribution in [0.3, 0.4) is 0 Å². The first-order chi connectivity index (χ1) is 6.22. The van der Waals surface area contributed by atoms with E-state index in [-0.39, 0.29) is 0 Å². The van der Waals surface area contributed by atoms with Gasteiger partial charge in [-0.1, -0.05) is 12.1 Å². The highest BCUT2D eigenvalue weighted by Gasteiger charge is 2.00. The van der Waals surface area contributed by atoms with E-state index >= 15 is 0 Å². The molecule has 1 atom stereocenters. The molecular weight excluding hydrogens is 162 g/mol. The first-order valence-corrected chi connectivity index (χ1v) is 4.77. The molecule has 0 saturated carbocycles. The van der Waals surface area contributed by atoms with E-state index in [1.54, 1.807) is 0 Å². The third-order valence-corrected chi connectivity index (χ3v) is 1.82. The number of ether oxygens (including phenoxy) is 1. The van der Waals surface area contributed by atoms with Gasteiger partial charge < -0.3 is 10.5 Å². The summed E-state index contributed by atoms with van der Waals surface area (Å²) in [7, 11) is 0. The van der Waals surface area contributed by atoms with Gasteiger partial charge in [0.15, 0.2) is 0 Å². The lowest BCUT2D eigenvalue weighted by molar-refractivity contribution is -0.413. The summed E-state index contributed by atoms with van der Waals surface area (Å²) in [6.45, 7) is 4.84. The van der Waals surface area contributed by atoms with Crippen molar-refractivity contribution in [2.45, 2.75) is 26.3 Å². The normalized spacial score (nSPS) is 12.5. The van der Waals surface area contributed by atoms with Crippen molar-refractivity contribution in [3.8, 4) is 5.75 Å². The molecule has 0 bridgehead atoms. The molecule has 0 aliphatic rings. The topological polar surface area (TPSA) is 36.9 Å². The molecule has 0 radical (unpaired) electrons. The highest BCUT2D eigenvalue weighted by molar-refractivity contribution is 5.27. The fourth-order valence-electron chi connectivity index (χ4n) is 1.29. The highest BCUT2D eigenvalue weighted by atomic mass is 16.5. The Kier molecular flexibility index (Phi) is 3.77. The second-order valence-corrected chi connectivity index (χ2v) is 3.39. The molecule has 0 amide bonds. The van der Waals surface area contributed by atoms with E-state index in [9.17, 15) is 0 Å². The molecule has 0 aliphatic heterocycles. The molecule has 0 unspecified atom stereocenters. The van der Waals surface area contributed by atoms with Crippen molar-refractivity contribution in [2.24, 2.45) is 0 Å². The van der Waals surface area contributed by atoms with Gasteiger partial charge in [0.1, 0.15) is 5.75 Å². The zero-order valence-corrected chi connectivity index (χ0v) is 8.42. The molecule has 2 heteroatoms. The average molecular weight is 180 g/mol. The van der Waals surface area contributed by atoms with Crippen LogP contribution in [-0.2, 0) is 6.42 Å². The van der Waals surface area contributed by atoms with Crippen LogP contribution in [0.1, 0.15) is 19.4 Å². The molecule has 13 heavy (non-hydrogen) atoms. The molecule has 1 aromatic carbocycles. The maximum atomic E-state index is 5.35. The third-order valence-electron chi connectivity index (χ3n) is 1.82. The van der Waals surface area contributed by atoms with E-state index in [0.717, 1.165) is 18.8 Å². The van der Waals surface area contributed by atoms with E-state index in [4.69, 9.17) is 4.74 Å². The van der Waals surface area contributed by atoms with Gasteiger partial charge in [-0.3, -0.25) is 0 Å². The third kappa shape index (κ3) is 3.47. The van der Waals surface area contributed by atoms with Gasteiger partial charge in [0.25, 0.3) is 0 Å². The summed E-state index contributed by atoms with van der Waals surface area (Å²) in [6, 6.07) is 8.71. The van der Waals surface area contributed by atoms with Gasteiger partial charge in [0.05, 0.1) is 12.6 Å². The van der Waals surface area contributed by atoms with Crippen molar-refractivity contribution in [3.63, 3.8) is 0 Å². The van der Waals surface area contributed by atoms with Crippen LogP contribution in [0.4, 0.5) is 0 Å². The highest BCUT2D eigenvalue weighted by Crippen LogP contribution is 2.12. The minimum Gasteiger partial charge on any atom is -0.494 e. The van der Waals surface area contributed by atoms with Crippen molar-refractivity contribution in [3.05, 3.63) is 29.8 Å². The lowest BCUT2D eigenvalue weighted by Crippen LogP contribution is -2.60. The Labute approximate surface area is 79.7 Å². The van der Waals surface area contributed by atoms with Crippen LogP contribution in [0.25, 0.3) is 0 Å². The summed E-state index contributed by atoms with van der Waals surface area (Å²) in [4.78, 5) is 0. The Balaban J connectivity index is 2.59. The molecule has 0 saturated heterocycles. The minimum absolute atomic E-state index is 0.470. The molecule has 1 aromatic rings. The molecule has 72 valence electrons. The Morgan fingerprint density at radius 1 is 1.31 bits per heavy atom. The number of benzene rings is 1. The fourth-order valence-corrected chi connectivity index (χ4v) is 1.29. The fraction of sp³-hybridized carbons (Fsp3) is 0.455. The standard InChI is InChI=1S/C11H17NO/c1-3-13-11-6-4-10(5-7-11)8-9(2)12/h4-7,9H,3,8,12H2,1-2H3/p+1/t9-/m0/s1. The largest absolute Gasteiger partial charge is 0.494 e. The second-order valence-electron chi connectivity index (χ2n) is 3.39. The molecule has 0 heterocycles. The molecule has 2 nitrogen and oxygen atoms in total. The van der Waals surface area contributed by atoms with Gasteiger partial charge in [-0.05, 0) is 31.5 Å². The molecule has 0 fully saturated rings. The Hall–Kier alpha value is -1.02. The zero-order valence-electron chi connectivity index (χ0n) is 8.42. The summed E-state index contributed by atoms with van der Waals surface area (Å²) >= 11 is 0. The predicted octanol–water partition coefficient (Wildman–Crippen LogP) is 1.26. The van der Waals surface area contributed by atoms with Gasteiger partial charge in [-0.15, -0.1) is 0 Å². The zero-order chi connectivity index (χ0) is 9.68. The van der Waals surface area contributed by atoms with Crippen molar-refractivity contribution < 1.29 is 10.5 Å². The average Bonchev–Trinajstić information content (AvgIpc) is 2.08. The Bertz CT molecular complexity index is 241. The van der Waals surface area contributed by atoms with E-state index in [1.165, 1.54) is 5.56 Å². The van der Waals surface area contributed by atoms with Crippen LogP contribution in [0.15, 0.2) is 24.3 Å². The molecule has 0 spiro atoms. The van der Waals surface area contributed by atoms with Gasteiger partial charge in [0, 0.05) is 6.42 Å². The van der Waals surface area contributed by atoms with E-state index in [1.807, 2.05) is 19.1 Å². The second kappa shape index (κ2) is 4.87. The van der Waals surface area contributed by atoms with Crippen LogP contribution in [0.5, 0.6) is 5.75 Å². The summed E-state index contributed by atoms with van der Waals surface area (Å²) in [5, 5.41) is 0. The van der Waals surface area contributed by atoms with Gasteiger partial charge in [-0.2, -0.15) is 0 Å². The van der Waals surface area contributed by atoms with Crippen LogP contribution in [-0.4, -0.2) is 12.6 Å². The number of hydrogen-bond acceptors (Lipinski definition) is 1. The van der Waals surface area contributed by atoms with Gasteiger partial charge in [-0.25, -0.2) is 0 Å². The first-order valence-electron chi connectivity index (χ1n) is 4.77. The van der Waals surface area contributed by atoms with Gasteiger partial charge in [0.2, 0.25) is 0 Å². The monoisotopic (exact) mass is 180 g/mol. The van der Waals surface area contributed by atoms with Crippen LogP contribution in [0, 0.1) is 0 Å². The van der Waals surface area contributed by atoms with E-state index in [2.05, 4.69) is 24.8 Å². The molecule has 1 rings (SSSR count). The quantitative estimate of drug-likeness (QED) is 0.744. The summed E-state index contributed by atoms with van der Waals surface area (Å²) in [5.74, 6) is 0.947. The SMILES string of the molecule is CCOc1ccc(C[C@H](C)[NH3+])cc1. The number of hydrogen-bond donors (Lipinski definition) is 1. The smallest absolute Gasteiger partial charge is 0.119 e. The molecule has 0 aliphatic carbocycles. The van der Waals surface area contributed by atoms with Crippen LogP contribution < -0.4 is 10.5 Å². The lowest BCUT2D eigenvalue weighted by atomic mass is 10.1. The van der Waals surface area contributed by atoms with Crippen LogP contribution >= 0.6 is 0 Å². The number of quaternary nitrogens is 1. The first kappa shape index (κ1) is 10.1. The van der Waals surface area contributed by atoms with Crippen molar-refractivity contribution in [1.29, 1.82) is 0 Å². The Morgan fingerprint density at radius 3 is 2.38 bits per heavy atom. The van der Waals surface area contributed by atoms with Crippen molar-refractivity contribution in [2.75, 3.05) is 6.61 Å². The van der Waals surface area contributed by atoms with Crippen molar-refractivity contribution in [1.82, 2.24) is 0 Å². The van der Waals surface area contributed by atoms with E-state index < -0.39 is 0 Å². The summed E-state index contributed by atoms with van der Waals surface area (Å²) < 4.78 is 5.35.